The summed E-state index contributed by atoms with van der Waals surface area (Å²) in [5.41, 5.74) is 5.33. The maximum atomic E-state index is 13.7. The number of hydrogen-bond acceptors (Lipinski definition) is 3. The number of likely N-dealkylation sites (tertiary alicyclic amines) is 1. The summed E-state index contributed by atoms with van der Waals surface area (Å²) >= 11 is 0. The van der Waals surface area contributed by atoms with Crippen LogP contribution in [-0.4, -0.2) is 35.0 Å². The number of benzene rings is 1. The molecule has 1 heterocycles. The monoisotopic (exact) mass is 266 g/mol. The fourth-order valence-corrected chi connectivity index (χ4v) is 2.63. The summed E-state index contributed by atoms with van der Waals surface area (Å²) in [6.07, 6.45) is 3.55. The number of halogens is 1. The van der Waals surface area contributed by atoms with Gasteiger partial charge in [-0.3, -0.25) is 4.79 Å². The molecule has 0 aliphatic carbocycles. The van der Waals surface area contributed by atoms with Crippen LogP contribution in [0.15, 0.2) is 18.2 Å². The van der Waals surface area contributed by atoms with E-state index in [9.17, 15) is 14.3 Å². The van der Waals surface area contributed by atoms with Gasteiger partial charge in [0.05, 0.1) is 0 Å². The quantitative estimate of drug-likeness (QED) is 0.877. The third-order valence-electron chi connectivity index (χ3n) is 3.59. The van der Waals surface area contributed by atoms with Crippen molar-refractivity contribution in [3.8, 4) is 5.75 Å². The number of amides is 1. The van der Waals surface area contributed by atoms with Gasteiger partial charge >= 0.3 is 0 Å². The minimum absolute atomic E-state index is 0.0465. The Morgan fingerprint density at radius 3 is 2.95 bits per heavy atom. The number of rotatable bonds is 3. The van der Waals surface area contributed by atoms with Gasteiger partial charge in [0.25, 0.3) is 5.91 Å². The van der Waals surface area contributed by atoms with Crippen LogP contribution < -0.4 is 5.73 Å². The summed E-state index contributed by atoms with van der Waals surface area (Å²) in [6.45, 7) is 1.09. The molecule has 0 aromatic heterocycles. The Hall–Kier alpha value is -1.62. The Labute approximate surface area is 112 Å². The third kappa shape index (κ3) is 2.87. The van der Waals surface area contributed by atoms with Crippen molar-refractivity contribution in [2.24, 2.45) is 5.73 Å². The molecule has 1 aliphatic rings. The van der Waals surface area contributed by atoms with Crippen molar-refractivity contribution in [1.82, 2.24) is 4.90 Å². The second-order valence-corrected chi connectivity index (χ2v) is 4.86. The van der Waals surface area contributed by atoms with E-state index in [1.807, 2.05) is 0 Å². The largest absolute Gasteiger partial charge is 0.507 e. The molecule has 1 aromatic rings. The minimum atomic E-state index is -0.679. The molecule has 1 amide bonds. The lowest BCUT2D eigenvalue weighted by molar-refractivity contribution is 0.0597. The zero-order valence-electron chi connectivity index (χ0n) is 10.8. The molecule has 0 spiro atoms. The average Bonchev–Trinajstić information content (AvgIpc) is 2.39. The van der Waals surface area contributed by atoms with Crippen molar-refractivity contribution in [2.75, 3.05) is 13.1 Å². The molecule has 5 heteroatoms. The van der Waals surface area contributed by atoms with E-state index in [4.69, 9.17) is 5.73 Å². The van der Waals surface area contributed by atoms with Crippen molar-refractivity contribution in [3.63, 3.8) is 0 Å². The average molecular weight is 266 g/mol. The molecule has 0 saturated carbocycles. The number of hydrogen-bond donors (Lipinski definition) is 2. The van der Waals surface area contributed by atoms with Crippen molar-refractivity contribution >= 4 is 5.91 Å². The molecule has 1 aromatic carbocycles. The number of carbonyl (C=O) groups excluding carboxylic acids is 1. The van der Waals surface area contributed by atoms with E-state index in [2.05, 4.69) is 0 Å². The Morgan fingerprint density at radius 2 is 2.26 bits per heavy atom. The van der Waals surface area contributed by atoms with Crippen molar-refractivity contribution in [1.29, 1.82) is 0 Å². The summed E-state index contributed by atoms with van der Waals surface area (Å²) in [4.78, 5) is 14.1. The first-order valence-electron chi connectivity index (χ1n) is 6.63. The number of phenolic OH excluding ortho intramolecular Hbond substituents is 1. The lowest BCUT2D eigenvalue weighted by Crippen LogP contribution is -2.44. The Balaban J connectivity index is 2.26. The zero-order chi connectivity index (χ0) is 13.8. The van der Waals surface area contributed by atoms with Gasteiger partial charge in [0, 0.05) is 12.6 Å². The predicted octanol–water partition coefficient (Wildman–Crippen LogP) is 1.87. The molecular weight excluding hydrogens is 247 g/mol. The molecule has 104 valence electrons. The molecule has 4 nitrogen and oxygen atoms in total. The highest BCUT2D eigenvalue weighted by molar-refractivity contribution is 5.97. The standard InChI is InChI=1S/C14H19FN2O2/c15-11-5-3-6-12(18)13(11)14(19)17-9-2-1-4-10(17)7-8-16/h3,5-6,10,18H,1-2,4,7-9,16H2. The molecule has 1 saturated heterocycles. The maximum Gasteiger partial charge on any atom is 0.260 e. The second-order valence-electron chi connectivity index (χ2n) is 4.86. The van der Waals surface area contributed by atoms with E-state index in [1.165, 1.54) is 18.2 Å². The van der Waals surface area contributed by atoms with Crippen molar-refractivity contribution in [2.45, 2.75) is 31.7 Å². The van der Waals surface area contributed by atoms with Crippen LogP contribution >= 0.6 is 0 Å². The van der Waals surface area contributed by atoms with E-state index < -0.39 is 11.7 Å². The molecule has 0 radical (unpaired) electrons. The van der Waals surface area contributed by atoms with Gasteiger partial charge in [0.2, 0.25) is 0 Å². The number of nitrogens with two attached hydrogens (primary N) is 1. The van der Waals surface area contributed by atoms with Gasteiger partial charge in [-0.1, -0.05) is 6.07 Å². The van der Waals surface area contributed by atoms with Crippen LogP contribution in [0.2, 0.25) is 0 Å². The SMILES string of the molecule is NCCC1CCCCN1C(=O)c1c(O)cccc1F. The molecule has 1 aliphatic heterocycles. The fraction of sp³-hybridized carbons (Fsp3) is 0.500. The third-order valence-corrected chi connectivity index (χ3v) is 3.59. The summed E-state index contributed by atoms with van der Waals surface area (Å²) in [7, 11) is 0. The van der Waals surface area contributed by atoms with Crippen LogP contribution in [-0.2, 0) is 0 Å². The van der Waals surface area contributed by atoms with Crippen molar-refractivity contribution in [3.05, 3.63) is 29.6 Å². The molecule has 1 fully saturated rings. The molecule has 1 atom stereocenters. The minimum Gasteiger partial charge on any atom is -0.507 e. The summed E-state index contributed by atoms with van der Waals surface area (Å²) < 4.78 is 13.7. The number of aromatic hydroxyl groups is 1. The molecule has 3 N–H and O–H groups in total. The lowest BCUT2D eigenvalue weighted by atomic mass is 9.98. The highest BCUT2D eigenvalue weighted by Gasteiger charge is 2.29. The van der Waals surface area contributed by atoms with Gasteiger partial charge in [-0.25, -0.2) is 4.39 Å². The van der Waals surface area contributed by atoms with E-state index in [0.29, 0.717) is 19.5 Å². The first-order chi connectivity index (χ1) is 9.15. The van der Waals surface area contributed by atoms with Crippen LogP contribution in [0.1, 0.15) is 36.0 Å². The Kier molecular flexibility index (Phi) is 4.37. The molecule has 0 bridgehead atoms. The van der Waals surface area contributed by atoms with Crippen LogP contribution in [0.4, 0.5) is 4.39 Å². The van der Waals surface area contributed by atoms with Crippen LogP contribution in [0.3, 0.4) is 0 Å². The van der Waals surface area contributed by atoms with Gasteiger partial charge in [-0.05, 0) is 44.4 Å². The lowest BCUT2D eigenvalue weighted by Gasteiger charge is -2.35. The molecule has 1 unspecified atom stereocenters. The number of nitrogens with zero attached hydrogens (tertiary/aromatic N) is 1. The summed E-state index contributed by atoms with van der Waals surface area (Å²) in [5, 5.41) is 9.70. The summed E-state index contributed by atoms with van der Waals surface area (Å²) in [5.74, 6) is -1.42. The van der Waals surface area contributed by atoms with Crippen molar-refractivity contribution < 1.29 is 14.3 Å². The highest BCUT2D eigenvalue weighted by Crippen LogP contribution is 2.26. The highest BCUT2D eigenvalue weighted by atomic mass is 19.1. The van der Waals surface area contributed by atoms with Crippen LogP contribution in [0.5, 0.6) is 5.75 Å². The first kappa shape index (κ1) is 13.8. The molecule has 19 heavy (non-hydrogen) atoms. The van der Waals surface area contributed by atoms with Gasteiger partial charge in [-0.15, -0.1) is 0 Å². The molecular formula is C14H19FN2O2. The summed E-state index contributed by atoms with van der Waals surface area (Å²) in [6, 6.07) is 3.95. The van der Waals surface area contributed by atoms with Crippen LogP contribution in [0.25, 0.3) is 0 Å². The predicted molar refractivity (Wildman–Crippen MR) is 70.4 cm³/mol. The topological polar surface area (TPSA) is 66.6 Å². The van der Waals surface area contributed by atoms with Crippen LogP contribution in [0, 0.1) is 5.82 Å². The zero-order valence-corrected chi connectivity index (χ0v) is 10.8. The normalized spacial score (nSPS) is 19.5. The fourth-order valence-electron chi connectivity index (χ4n) is 2.63. The van der Waals surface area contributed by atoms with E-state index in [1.54, 1.807) is 4.90 Å². The van der Waals surface area contributed by atoms with E-state index >= 15 is 0 Å². The number of piperidine rings is 1. The smallest absolute Gasteiger partial charge is 0.260 e. The van der Waals surface area contributed by atoms with Gasteiger partial charge in [-0.2, -0.15) is 0 Å². The van der Waals surface area contributed by atoms with Gasteiger partial charge < -0.3 is 15.7 Å². The van der Waals surface area contributed by atoms with Gasteiger partial charge in [0.1, 0.15) is 17.1 Å². The Morgan fingerprint density at radius 1 is 1.47 bits per heavy atom. The second kappa shape index (κ2) is 6.02. The van der Waals surface area contributed by atoms with E-state index in [-0.39, 0.29) is 17.4 Å². The number of carbonyl (C=O) groups is 1. The first-order valence-corrected chi connectivity index (χ1v) is 6.63. The van der Waals surface area contributed by atoms with Gasteiger partial charge in [0.15, 0.2) is 0 Å². The maximum absolute atomic E-state index is 13.7. The van der Waals surface area contributed by atoms with E-state index in [0.717, 1.165) is 19.3 Å². The molecule has 2 rings (SSSR count). The Bertz CT molecular complexity index is 443. The number of phenols is 1.